The number of nitrogens with zero attached hydrogens (tertiary/aromatic N) is 4. The molecule has 0 spiro atoms. The second-order valence-electron chi connectivity index (χ2n) is 3.77. The third-order valence-corrected chi connectivity index (χ3v) is 2.91. The number of alkyl halides is 1. The van der Waals surface area contributed by atoms with Gasteiger partial charge in [-0.3, -0.25) is 0 Å². The van der Waals surface area contributed by atoms with Crippen LogP contribution in [0.1, 0.15) is 0 Å². The van der Waals surface area contributed by atoms with Crippen molar-refractivity contribution in [2.75, 3.05) is 19.0 Å². The normalized spacial score (nSPS) is 12.9. The fraction of sp³-hybridized carbons (Fsp3) is 0.500. The van der Waals surface area contributed by atoms with Crippen LogP contribution in [0.5, 0.6) is 5.88 Å². The van der Waals surface area contributed by atoms with E-state index < -0.39 is 0 Å². The van der Waals surface area contributed by atoms with E-state index in [0.29, 0.717) is 30.4 Å². The Morgan fingerprint density at radius 1 is 1.47 bits per heavy atom. The summed E-state index contributed by atoms with van der Waals surface area (Å²) >= 11 is 5.74. The number of hydrogen-bond donors (Lipinski definition) is 1. The van der Waals surface area contributed by atoms with Gasteiger partial charge < -0.3 is 15.0 Å². The highest BCUT2D eigenvalue weighted by atomic mass is 35.5. The second kappa shape index (κ2) is 5.29. The molecular formula is C10H14ClN5O. The molecule has 17 heavy (non-hydrogen) atoms. The lowest BCUT2D eigenvalue weighted by Crippen LogP contribution is -2.23. The van der Waals surface area contributed by atoms with E-state index in [2.05, 4.69) is 15.0 Å². The van der Waals surface area contributed by atoms with Crippen LogP contribution < -0.4 is 10.5 Å². The van der Waals surface area contributed by atoms with Crippen LogP contribution in [0, 0.1) is 5.92 Å². The molecule has 0 amide bonds. The standard InChI is InChI=1S/C10H14ClN5O/c1-16-6-15-8-9(16)13-5-14-10(8)17-4-7(2-11)3-12/h5-7H,2-4,12H2,1H3. The SMILES string of the molecule is Cn1cnc2c(OCC(CN)CCl)ncnc21. The van der Waals surface area contributed by atoms with Crippen LogP contribution in [0.25, 0.3) is 11.2 Å². The Hall–Kier alpha value is -1.40. The van der Waals surface area contributed by atoms with Crippen molar-refractivity contribution < 1.29 is 4.74 Å². The zero-order valence-corrected chi connectivity index (χ0v) is 10.3. The Balaban J connectivity index is 2.18. The summed E-state index contributed by atoms with van der Waals surface area (Å²) in [6.45, 7) is 0.919. The molecule has 0 aliphatic carbocycles. The van der Waals surface area contributed by atoms with Crippen LogP contribution in [0.15, 0.2) is 12.7 Å². The highest BCUT2D eigenvalue weighted by Crippen LogP contribution is 2.19. The minimum absolute atomic E-state index is 0.116. The summed E-state index contributed by atoms with van der Waals surface area (Å²) in [7, 11) is 1.87. The fourth-order valence-corrected chi connectivity index (χ4v) is 1.62. The first-order chi connectivity index (χ1) is 8.26. The molecule has 2 rings (SSSR count). The number of aryl methyl sites for hydroxylation is 1. The van der Waals surface area contributed by atoms with Crippen LogP contribution in [-0.2, 0) is 7.05 Å². The highest BCUT2D eigenvalue weighted by molar-refractivity contribution is 6.18. The molecule has 1 unspecified atom stereocenters. The summed E-state index contributed by atoms with van der Waals surface area (Å²) in [6.07, 6.45) is 3.13. The molecule has 6 nitrogen and oxygen atoms in total. The molecule has 2 heterocycles. The molecule has 2 aromatic rings. The molecule has 0 saturated heterocycles. The summed E-state index contributed by atoms with van der Waals surface area (Å²) in [5.41, 5.74) is 6.94. The molecule has 0 bridgehead atoms. The predicted molar refractivity (Wildman–Crippen MR) is 65.1 cm³/mol. The van der Waals surface area contributed by atoms with Crippen molar-refractivity contribution in [3.8, 4) is 5.88 Å². The zero-order valence-electron chi connectivity index (χ0n) is 9.51. The predicted octanol–water partition coefficient (Wildman–Crippen LogP) is 0.556. The number of aromatic nitrogens is 4. The number of ether oxygens (including phenoxy) is 1. The van der Waals surface area contributed by atoms with Crippen molar-refractivity contribution in [1.82, 2.24) is 19.5 Å². The molecule has 7 heteroatoms. The van der Waals surface area contributed by atoms with Crippen LogP contribution in [0.3, 0.4) is 0 Å². The van der Waals surface area contributed by atoms with Gasteiger partial charge in [-0.1, -0.05) is 0 Å². The molecule has 0 aliphatic rings. The first-order valence-electron chi connectivity index (χ1n) is 5.27. The van der Waals surface area contributed by atoms with E-state index in [9.17, 15) is 0 Å². The summed E-state index contributed by atoms with van der Waals surface area (Å²) in [5.74, 6) is 1.05. The van der Waals surface area contributed by atoms with E-state index >= 15 is 0 Å². The van der Waals surface area contributed by atoms with Crippen molar-refractivity contribution >= 4 is 22.8 Å². The molecule has 0 radical (unpaired) electrons. The molecule has 1 atom stereocenters. The van der Waals surface area contributed by atoms with E-state index in [4.69, 9.17) is 22.1 Å². The van der Waals surface area contributed by atoms with E-state index in [0.717, 1.165) is 5.65 Å². The number of hydrogen-bond acceptors (Lipinski definition) is 5. The monoisotopic (exact) mass is 255 g/mol. The summed E-state index contributed by atoms with van der Waals surface area (Å²) in [6, 6.07) is 0. The van der Waals surface area contributed by atoms with E-state index in [-0.39, 0.29) is 5.92 Å². The van der Waals surface area contributed by atoms with Gasteiger partial charge >= 0.3 is 0 Å². The van der Waals surface area contributed by atoms with E-state index in [1.165, 1.54) is 6.33 Å². The number of imidazole rings is 1. The Labute approximate surface area is 104 Å². The van der Waals surface area contributed by atoms with Crippen molar-refractivity contribution in [3.63, 3.8) is 0 Å². The largest absolute Gasteiger partial charge is 0.476 e. The van der Waals surface area contributed by atoms with Gasteiger partial charge in [0.15, 0.2) is 11.2 Å². The average Bonchev–Trinajstić information content (AvgIpc) is 2.73. The maximum Gasteiger partial charge on any atom is 0.245 e. The van der Waals surface area contributed by atoms with Crippen molar-refractivity contribution in [2.24, 2.45) is 18.7 Å². The van der Waals surface area contributed by atoms with Gasteiger partial charge in [0.05, 0.1) is 12.9 Å². The minimum atomic E-state index is 0.116. The fourth-order valence-electron chi connectivity index (χ4n) is 1.40. The Bertz CT molecular complexity index is 496. The number of nitrogens with two attached hydrogens (primary N) is 1. The van der Waals surface area contributed by atoms with Gasteiger partial charge in [-0.2, -0.15) is 4.98 Å². The van der Waals surface area contributed by atoms with Gasteiger partial charge in [-0.05, 0) is 6.54 Å². The highest BCUT2D eigenvalue weighted by Gasteiger charge is 2.12. The summed E-state index contributed by atoms with van der Waals surface area (Å²) < 4.78 is 7.40. The Morgan fingerprint density at radius 3 is 3.00 bits per heavy atom. The first kappa shape index (κ1) is 12.1. The minimum Gasteiger partial charge on any atom is -0.476 e. The third kappa shape index (κ3) is 2.48. The summed E-state index contributed by atoms with van der Waals surface area (Å²) in [5, 5.41) is 0. The first-order valence-corrected chi connectivity index (χ1v) is 5.80. The quantitative estimate of drug-likeness (QED) is 0.790. The lowest BCUT2D eigenvalue weighted by atomic mass is 10.2. The van der Waals surface area contributed by atoms with E-state index in [1.54, 1.807) is 6.33 Å². The van der Waals surface area contributed by atoms with Crippen LogP contribution in [0.4, 0.5) is 0 Å². The van der Waals surface area contributed by atoms with Crippen LogP contribution >= 0.6 is 11.6 Å². The molecule has 0 fully saturated rings. The topological polar surface area (TPSA) is 78.9 Å². The second-order valence-corrected chi connectivity index (χ2v) is 4.08. The van der Waals surface area contributed by atoms with E-state index in [1.807, 2.05) is 11.6 Å². The number of halogens is 1. The molecule has 2 aromatic heterocycles. The van der Waals surface area contributed by atoms with Crippen molar-refractivity contribution in [3.05, 3.63) is 12.7 Å². The number of rotatable bonds is 5. The van der Waals surface area contributed by atoms with Gasteiger partial charge in [0.2, 0.25) is 5.88 Å². The zero-order chi connectivity index (χ0) is 12.3. The maximum atomic E-state index is 5.74. The van der Waals surface area contributed by atoms with Gasteiger partial charge in [0.1, 0.15) is 6.33 Å². The molecule has 0 aliphatic heterocycles. The number of fused-ring (bicyclic) bond motifs is 1. The molecule has 2 N–H and O–H groups in total. The molecule has 92 valence electrons. The third-order valence-electron chi connectivity index (χ3n) is 2.47. The van der Waals surface area contributed by atoms with Gasteiger partial charge in [-0.15, -0.1) is 11.6 Å². The van der Waals surface area contributed by atoms with Crippen LogP contribution in [0.2, 0.25) is 0 Å². The van der Waals surface area contributed by atoms with Crippen molar-refractivity contribution in [2.45, 2.75) is 0 Å². The van der Waals surface area contributed by atoms with Gasteiger partial charge in [0.25, 0.3) is 0 Å². The van der Waals surface area contributed by atoms with Gasteiger partial charge in [0, 0.05) is 18.8 Å². The lowest BCUT2D eigenvalue weighted by molar-refractivity contribution is 0.259. The molecule has 0 saturated carbocycles. The van der Waals surface area contributed by atoms with Crippen LogP contribution in [-0.4, -0.2) is 38.6 Å². The Kier molecular flexibility index (Phi) is 3.75. The molecule has 0 aromatic carbocycles. The smallest absolute Gasteiger partial charge is 0.245 e. The Morgan fingerprint density at radius 2 is 2.29 bits per heavy atom. The van der Waals surface area contributed by atoms with Crippen molar-refractivity contribution in [1.29, 1.82) is 0 Å². The maximum absolute atomic E-state index is 5.74. The molecular weight excluding hydrogens is 242 g/mol. The summed E-state index contributed by atoms with van der Waals surface area (Å²) in [4.78, 5) is 12.4. The lowest BCUT2D eigenvalue weighted by Gasteiger charge is -2.11. The average molecular weight is 256 g/mol. The van der Waals surface area contributed by atoms with Gasteiger partial charge in [-0.25, -0.2) is 9.97 Å².